The van der Waals surface area contributed by atoms with E-state index in [4.69, 9.17) is 39.5 Å². The number of benzene rings is 2. The van der Waals surface area contributed by atoms with Crippen LogP contribution >= 0.6 is 34.8 Å². The zero-order valence-corrected chi connectivity index (χ0v) is 20.2. The van der Waals surface area contributed by atoms with Gasteiger partial charge in [0.15, 0.2) is 6.61 Å². The van der Waals surface area contributed by atoms with Gasteiger partial charge >= 0.3 is 0 Å². The molecule has 0 bridgehead atoms. The van der Waals surface area contributed by atoms with Crippen LogP contribution in [0.25, 0.3) is 0 Å². The van der Waals surface area contributed by atoms with Crippen molar-refractivity contribution in [3.05, 3.63) is 63.1 Å². The lowest BCUT2D eigenvalue weighted by Crippen LogP contribution is -2.51. The summed E-state index contributed by atoms with van der Waals surface area (Å²) in [5.74, 6) is -0.129. The maximum atomic E-state index is 13.1. The van der Waals surface area contributed by atoms with Crippen molar-refractivity contribution in [1.82, 2.24) is 10.2 Å². The number of carbonyl (C=O) groups is 2. The molecule has 3 rings (SSSR count). The van der Waals surface area contributed by atoms with E-state index < -0.39 is 6.04 Å². The summed E-state index contributed by atoms with van der Waals surface area (Å²) in [6, 6.07) is 11.5. The van der Waals surface area contributed by atoms with Crippen molar-refractivity contribution in [3.8, 4) is 5.75 Å². The molecular weight excluding hydrogens is 471 g/mol. The van der Waals surface area contributed by atoms with Crippen LogP contribution in [0.5, 0.6) is 5.75 Å². The number of nitrogens with one attached hydrogen (secondary N) is 1. The number of ether oxygens (including phenoxy) is 1. The van der Waals surface area contributed by atoms with Crippen molar-refractivity contribution >= 4 is 46.6 Å². The van der Waals surface area contributed by atoms with E-state index in [0.717, 1.165) is 31.2 Å². The highest BCUT2D eigenvalue weighted by Gasteiger charge is 2.28. The van der Waals surface area contributed by atoms with Crippen molar-refractivity contribution in [2.45, 2.75) is 57.7 Å². The van der Waals surface area contributed by atoms with Crippen LogP contribution < -0.4 is 10.1 Å². The third-order valence-electron chi connectivity index (χ3n) is 5.63. The number of hydrogen-bond acceptors (Lipinski definition) is 3. The fourth-order valence-electron chi connectivity index (χ4n) is 3.75. The van der Waals surface area contributed by atoms with Gasteiger partial charge in [-0.3, -0.25) is 9.59 Å². The molecule has 8 heteroatoms. The number of nitrogens with zero attached hydrogens (tertiary/aromatic N) is 1. The quantitative estimate of drug-likeness (QED) is 0.494. The number of carbonyl (C=O) groups excluding carboxylic acids is 2. The smallest absolute Gasteiger partial charge is 0.261 e. The summed E-state index contributed by atoms with van der Waals surface area (Å²) >= 11 is 18.1. The summed E-state index contributed by atoms with van der Waals surface area (Å²) in [6.45, 7) is 1.74. The molecule has 5 nitrogen and oxygen atoms in total. The van der Waals surface area contributed by atoms with Gasteiger partial charge in [0.1, 0.15) is 11.8 Å². The molecule has 172 valence electrons. The molecule has 1 aliphatic rings. The summed E-state index contributed by atoms with van der Waals surface area (Å²) in [6.07, 6.45) is 5.38. The van der Waals surface area contributed by atoms with Crippen LogP contribution in [0.4, 0.5) is 0 Å². The van der Waals surface area contributed by atoms with Gasteiger partial charge in [0.25, 0.3) is 5.91 Å². The molecule has 1 N–H and O–H groups in total. The Balaban J connectivity index is 1.71. The highest BCUT2D eigenvalue weighted by Crippen LogP contribution is 2.27. The maximum Gasteiger partial charge on any atom is 0.261 e. The lowest BCUT2D eigenvalue weighted by Gasteiger charge is -2.31. The average Bonchev–Trinajstić information content (AvgIpc) is 2.78. The Labute approximate surface area is 204 Å². The van der Waals surface area contributed by atoms with Gasteiger partial charge in [-0.15, -0.1) is 0 Å². The standard InChI is InChI=1S/C24H27Cl3N2O3/c1-16(24(31)28-20-5-3-2-4-6-20)29(14-17-7-9-18(25)10-8-17)23(30)15-32-22-12-11-19(26)13-21(22)27/h7-13,16,20H,2-6,14-15H2,1H3,(H,28,31)/t16-/m0/s1. The maximum absolute atomic E-state index is 13.1. The van der Waals surface area contributed by atoms with E-state index >= 15 is 0 Å². The van der Waals surface area contributed by atoms with Gasteiger partial charge in [-0.1, -0.05) is 66.2 Å². The van der Waals surface area contributed by atoms with Crippen LogP contribution in [0.2, 0.25) is 15.1 Å². The molecule has 2 aromatic carbocycles. The molecule has 1 atom stereocenters. The molecule has 1 aliphatic carbocycles. The van der Waals surface area contributed by atoms with Crippen molar-refractivity contribution in [3.63, 3.8) is 0 Å². The molecule has 2 aromatic rings. The Hall–Kier alpha value is -1.95. The molecule has 2 amide bonds. The molecule has 0 heterocycles. The molecule has 0 spiro atoms. The third-order valence-corrected chi connectivity index (χ3v) is 6.41. The van der Waals surface area contributed by atoms with Crippen LogP contribution in [0.3, 0.4) is 0 Å². The molecule has 32 heavy (non-hydrogen) atoms. The van der Waals surface area contributed by atoms with Gasteiger partial charge in [0.05, 0.1) is 5.02 Å². The van der Waals surface area contributed by atoms with Crippen molar-refractivity contribution in [2.24, 2.45) is 0 Å². The molecule has 0 saturated heterocycles. The summed E-state index contributed by atoms with van der Waals surface area (Å²) in [5, 5.41) is 4.51. The molecular formula is C24H27Cl3N2O3. The van der Waals surface area contributed by atoms with Crippen molar-refractivity contribution < 1.29 is 14.3 Å². The molecule has 1 saturated carbocycles. The monoisotopic (exact) mass is 496 g/mol. The third kappa shape index (κ3) is 7.03. The van der Waals surface area contributed by atoms with E-state index in [2.05, 4.69) is 5.32 Å². The molecule has 1 fully saturated rings. The van der Waals surface area contributed by atoms with E-state index in [-0.39, 0.29) is 31.0 Å². The normalized spacial score (nSPS) is 15.1. The summed E-state index contributed by atoms with van der Waals surface area (Å²) in [5.41, 5.74) is 0.865. The van der Waals surface area contributed by atoms with Crippen LogP contribution in [0.1, 0.15) is 44.6 Å². The molecule has 0 aliphatic heterocycles. The molecule has 0 aromatic heterocycles. The Morgan fingerprint density at radius 3 is 2.34 bits per heavy atom. The highest BCUT2D eigenvalue weighted by molar-refractivity contribution is 6.35. The lowest BCUT2D eigenvalue weighted by molar-refractivity contribution is -0.142. The van der Waals surface area contributed by atoms with E-state index in [1.807, 2.05) is 12.1 Å². The molecule has 0 unspecified atom stereocenters. The Kier molecular flexibility index (Phi) is 9.09. The Morgan fingerprint density at radius 2 is 1.69 bits per heavy atom. The number of amides is 2. The fourth-order valence-corrected chi connectivity index (χ4v) is 4.34. The van der Waals surface area contributed by atoms with Crippen LogP contribution in [0.15, 0.2) is 42.5 Å². The second-order valence-electron chi connectivity index (χ2n) is 8.03. The fraction of sp³-hybridized carbons (Fsp3) is 0.417. The topological polar surface area (TPSA) is 58.6 Å². The first kappa shape index (κ1) is 24.7. The van der Waals surface area contributed by atoms with Crippen molar-refractivity contribution in [1.29, 1.82) is 0 Å². The average molecular weight is 498 g/mol. The number of rotatable bonds is 8. The predicted octanol–water partition coefficient (Wildman–Crippen LogP) is 5.89. The van der Waals surface area contributed by atoms with Gasteiger partial charge in [-0.2, -0.15) is 0 Å². The van der Waals surface area contributed by atoms with E-state index in [9.17, 15) is 9.59 Å². The minimum Gasteiger partial charge on any atom is -0.482 e. The van der Waals surface area contributed by atoms with Gasteiger partial charge in [0.2, 0.25) is 5.91 Å². The van der Waals surface area contributed by atoms with E-state index in [1.54, 1.807) is 37.3 Å². The minimum atomic E-state index is -0.663. The Morgan fingerprint density at radius 1 is 1.03 bits per heavy atom. The Bertz CT molecular complexity index is 931. The zero-order chi connectivity index (χ0) is 23.1. The summed E-state index contributed by atoms with van der Waals surface area (Å²) in [4.78, 5) is 27.6. The van der Waals surface area contributed by atoms with Gasteiger partial charge < -0.3 is 15.0 Å². The van der Waals surface area contributed by atoms with Crippen LogP contribution in [0, 0.1) is 0 Å². The SMILES string of the molecule is C[C@@H](C(=O)NC1CCCCC1)N(Cc1ccc(Cl)cc1)C(=O)COc1ccc(Cl)cc1Cl. The summed E-state index contributed by atoms with van der Waals surface area (Å²) in [7, 11) is 0. The second kappa shape index (κ2) is 11.8. The minimum absolute atomic E-state index is 0.162. The first-order valence-electron chi connectivity index (χ1n) is 10.8. The predicted molar refractivity (Wildman–Crippen MR) is 128 cm³/mol. The molecule has 0 radical (unpaired) electrons. The largest absolute Gasteiger partial charge is 0.482 e. The highest BCUT2D eigenvalue weighted by atomic mass is 35.5. The van der Waals surface area contributed by atoms with Gasteiger partial charge in [0, 0.05) is 22.6 Å². The number of halogens is 3. The van der Waals surface area contributed by atoms with E-state index in [0.29, 0.717) is 20.8 Å². The second-order valence-corrected chi connectivity index (χ2v) is 9.31. The van der Waals surface area contributed by atoms with Crippen LogP contribution in [-0.4, -0.2) is 35.4 Å². The van der Waals surface area contributed by atoms with Gasteiger partial charge in [-0.25, -0.2) is 0 Å². The number of hydrogen-bond donors (Lipinski definition) is 1. The van der Waals surface area contributed by atoms with Crippen LogP contribution in [-0.2, 0) is 16.1 Å². The lowest BCUT2D eigenvalue weighted by atomic mass is 9.95. The zero-order valence-electron chi connectivity index (χ0n) is 18.0. The van der Waals surface area contributed by atoms with E-state index in [1.165, 1.54) is 11.3 Å². The first-order valence-corrected chi connectivity index (χ1v) is 11.9. The summed E-state index contributed by atoms with van der Waals surface area (Å²) < 4.78 is 5.64. The first-order chi connectivity index (χ1) is 15.3. The van der Waals surface area contributed by atoms with Crippen molar-refractivity contribution in [2.75, 3.05) is 6.61 Å². The van der Waals surface area contributed by atoms with Gasteiger partial charge in [-0.05, 0) is 55.7 Å².